The second kappa shape index (κ2) is 5.24. The number of nitrogens with zero attached hydrogens (tertiary/aromatic N) is 1. The summed E-state index contributed by atoms with van der Waals surface area (Å²) in [6.07, 6.45) is 6.03. The Morgan fingerprint density at radius 2 is 2.21 bits per heavy atom. The molecule has 1 aliphatic carbocycles. The number of rotatable bonds is 6. The van der Waals surface area contributed by atoms with E-state index in [1.807, 2.05) is 6.07 Å². The van der Waals surface area contributed by atoms with Crippen LogP contribution in [0.1, 0.15) is 57.8 Å². The number of oxazole rings is 1. The van der Waals surface area contributed by atoms with Crippen molar-refractivity contribution >= 4 is 16.8 Å². The smallest absolute Gasteiger partial charge is 0.198 e. The largest absolute Gasteiger partial charge is 0.440 e. The fraction of sp³-hybridized carbons (Fsp3) is 0.562. The highest BCUT2D eigenvalue weighted by Crippen LogP contribution is 2.40. The highest BCUT2D eigenvalue weighted by molar-refractivity contribution is 5.77. The molecule has 1 fully saturated rings. The first-order chi connectivity index (χ1) is 9.30. The summed E-state index contributed by atoms with van der Waals surface area (Å²) >= 11 is 0. The van der Waals surface area contributed by atoms with E-state index < -0.39 is 0 Å². The summed E-state index contributed by atoms with van der Waals surface area (Å²) in [4.78, 5) is 4.61. The monoisotopic (exact) mass is 258 g/mol. The SMILES string of the molecule is CCCC(CC)Nc1ccc2oc(C3CC3)nc2c1. The van der Waals surface area contributed by atoms with E-state index in [4.69, 9.17) is 4.42 Å². The Kier molecular flexibility index (Phi) is 3.45. The molecule has 1 aliphatic rings. The first-order valence-corrected chi connectivity index (χ1v) is 7.47. The van der Waals surface area contributed by atoms with Crippen molar-refractivity contribution in [3.63, 3.8) is 0 Å². The summed E-state index contributed by atoms with van der Waals surface area (Å²) in [5.41, 5.74) is 3.05. The van der Waals surface area contributed by atoms with E-state index in [9.17, 15) is 0 Å². The lowest BCUT2D eigenvalue weighted by Gasteiger charge is -2.17. The first-order valence-electron chi connectivity index (χ1n) is 7.47. The first kappa shape index (κ1) is 12.5. The van der Waals surface area contributed by atoms with Crippen LogP contribution in [0, 0.1) is 0 Å². The van der Waals surface area contributed by atoms with Crippen molar-refractivity contribution in [3.05, 3.63) is 24.1 Å². The van der Waals surface area contributed by atoms with Gasteiger partial charge in [0.1, 0.15) is 5.52 Å². The predicted octanol–water partition coefficient (Wildman–Crippen LogP) is 4.70. The van der Waals surface area contributed by atoms with Gasteiger partial charge in [-0.1, -0.05) is 20.3 Å². The highest BCUT2D eigenvalue weighted by atomic mass is 16.3. The molecule has 19 heavy (non-hydrogen) atoms. The van der Waals surface area contributed by atoms with Crippen LogP contribution in [-0.4, -0.2) is 11.0 Å². The normalized spacial score (nSPS) is 16.7. The van der Waals surface area contributed by atoms with Crippen LogP contribution in [0.25, 0.3) is 11.1 Å². The van der Waals surface area contributed by atoms with Gasteiger partial charge < -0.3 is 9.73 Å². The Hall–Kier alpha value is -1.51. The molecule has 1 N–H and O–H groups in total. The van der Waals surface area contributed by atoms with Crippen molar-refractivity contribution in [2.75, 3.05) is 5.32 Å². The van der Waals surface area contributed by atoms with Crippen molar-refractivity contribution in [1.29, 1.82) is 0 Å². The number of nitrogens with one attached hydrogen (secondary N) is 1. The minimum atomic E-state index is 0.553. The van der Waals surface area contributed by atoms with Gasteiger partial charge in [-0.15, -0.1) is 0 Å². The molecule has 1 aromatic heterocycles. The van der Waals surface area contributed by atoms with E-state index in [1.54, 1.807) is 0 Å². The van der Waals surface area contributed by atoms with Crippen LogP contribution >= 0.6 is 0 Å². The van der Waals surface area contributed by atoms with Crippen molar-refractivity contribution in [2.24, 2.45) is 0 Å². The molecule has 0 spiro atoms. The summed E-state index contributed by atoms with van der Waals surface area (Å²) in [5, 5.41) is 3.59. The average Bonchev–Trinajstić information content (AvgIpc) is 3.18. The van der Waals surface area contributed by atoms with Gasteiger partial charge in [0.15, 0.2) is 11.5 Å². The van der Waals surface area contributed by atoms with Crippen LogP contribution in [0.15, 0.2) is 22.6 Å². The van der Waals surface area contributed by atoms with Gasteiger partial charge in [0, 0.05) is 17.6 Å². The third-order valence-electron chi connectivity index (χ3n) is 3.83. The Bertz CT molecular complexity index is 557. The molecule has 3 nitrogen and oxygen atoms in total. The average molecular weight is 258 g/mol. The zero-order valence-corrected chi connectivity index (χ0v) is 11.8. The number of hydrogen-bond donors (Lipinski definition) is 1. The van der Waals surface area contributed by atoms with Crippen molar-refractivity contribution < 1.29 is 4.42 Å². The lowest BCUT2D eigenvalue weighted by Crippen LogP contribution is -2.17. The van der Waals surface area contributed by atoms with Crippen LogP contribution in [0.3, 0.4) is 0 Å². The molecule has 1 heterocycles. The van der Waals surface area contributed by atoms with Gasteiger partial charge >= 0.3 is 0 Å². The standard InChI is InChI=1S/C16H22N2O/c1-3-5-12(4-2)17-13-8-9-15-14(10-13)18-16(19-15)11-6-7-11/h8-12,17H,3-7H2,1-2H3. The highest BCUT2D eigenvalue weighted by Gasteiger charge is 2.28. The molecule has 1 unspecified atom stereocenters. The van der Waals surface area contributed by atoms with Crippen molar-refractivity contribution in [2.45, 2.75) is 57.9 Å². The lowest BCUT2D eigenvalue weighted by atomic mass is 10.1. The molecule has 0 saturated heterocycles. The summed E-state index contributed by atoms with van der Waals surface area (Å²) in [5.74, 6) is 1.50. The molecule has 102 valence electrons. The van der Waals surface area contributed by atoms with Gasteiger partial charge in [-0.2, -0.15) is 0 Å². The van der Waals surface area contributed by atoms with Gasteiger partial charge in [0.2, 0.25) is 0 Å². The molecule has 1 atom stereocenters. The third kappa shape index (κ3) is 2.75. The Morgan fingerprint density at radius 1 is 1.37 bits per heavy atom. The summed E-state index contributed by atoms with van der Waals surface area (Å²) in [7, 11) is 0. The van der Waals surface area contributed by atoms with Crippen LogP contribution in [0.4, 0.5) is 5.69 Å². The Labute approximate surface area is 114 Å². The molecule has 0 aliphatic heterocycles. The van der Waals surface area contributed by atoms with Crippen molar-refractivity contribution in [1.82, 2.24) is 4.98 Å². The number of hydrogen-bond acceptors (Lipinski definition) is 3. The molecule has 3 rings (SSSR count). The second-order valence-corrected chi connectivity index (χ2v) is 5.55. The lowest BCUT2D eigenvalue weighted by molar-refractivity contribution is 0.533. The Balaban J connectivity index is 1.80. The molecule has 2 aromatic rings. The van der Waals surface area contributed by atoms with Crippen LogP contribution in [0.5, 0.6) is 0 Å². The number of anilines is 1. The summed E-state index contributed by atoms with van der Waals surface area (Å²) in [6, 6.07) is 6.80. The fourth-order valence-corrected chi connectivity index (χ4v) is 2.50. The number of fused-ring (bicyclic) bond motifs is 1. The second-order valence-electron chi connectivity index (χ2n) is 5.55. The van der Waals surface area contributed by atoms with E-state index in [2.05, 4.69) is 36.3 Å². The maximum Gasteiger partial charge on any atom is 0.198 e. The summed E-state index contributed by atoms with van der Waals surface area (Å²) in [6.45, 7) is 4.46. The molecule has 0 bridgehead atoms. The number of aromatic nitrogens is 1. The maximum absolute atomic E-state index is 5.79. The van der Waals surface area contributed by atoms with E-state index in [1.165, 1.54) is 25.7 Å². The minimum Gasteiger partial charge on any atom is -0.440 e. The van der Waals surface area contributed by atoms with Gasteiger partial charge in [-0.25, -0.2) is 4.98 Å². The molecule has 1 saturated carbocycles. The van der Waals surface area contributed by atoms with E-state index in [0.29, 0.717) is 12.0 Å². The number of benzene rings is 1. The fourth-order valence-electron chi connectivity index (χ4n) is 2.50. The van der Waals surface area contributed by atoms with Gasteiger partial charge in [0.05, 0.1) is 0 Å². The topological polar surface area (TPSA) is 38.1 Å². The van der Waals surface area contributed by atoms with E-state index >= 15 is 0 Å². The zero-order valence-electron chi connectivity index (χ0n) is 11.8. The van der Waals surface area contributed by atoms with Crippen molar-refractivity contribution in [3.8, 4) is 0 Å². The predicted molar refractivity (Wildman–Crippen MR) is 78.6 cm³/mol. The summed E-state index contributed by atoms with van der Waals surface area (Å²) < 4.78 is 5.79. The van der Waals surface area contributed by atoms with Gasteiger partial charge in [-0.05, 0) is 43.9 Å². The molecular formula is C16H22N2O. The van der Waals surface area contributed by atoms with Crippen LogP contribution in [-0.2, 0) is 0 Å². The maximum atomic E-state index is 5.79. The molecular weight excluding hydrogens is 236 g/mol. The Morgan fingerprint density at radius 3 is 2.89 bits per heavy atom. The van der Waals surface area contributed by atoms with Gasteiger partial charge in [0.25, 0.3) is 0 Å². The van der Waals surface area contributed by atoms with Crippen LogP contribution < -0.4 is 5.32 Å². The molecule has 3 heteroatoms. The molecule has 0 radical (unpaired) electrons. The minimum absolute atomic E-state index is 0.553. The van der Waals surface area contributed by atoms with E-state index in [0.717, 1.165) is 29.1 Å². The zero-order chi connectivity index (χ0) is 13.2. The molecule has 0 amide bonds. The van der Waals surface area contributed by atoms with Gasteiger partial charge in [-0.3, -0.25) is 0 Å². The quantitative estimate of drug-likeness (QED) is 0.816. The molecule has 1 aromatic carbocycles. The van der Waals surface area contributed by atoms with E-state index in [-0.39, 0.29) is 0 Å². The van der Waals surface area contributed by atoms with Crippen LogP contribution in [0.2, 0.25) is 0 Å². The third-order valence-corrected chi connectivity index (χ3v) is 3.83.